The zero-order valence-electron chi connectivity index (χ0n) is 5.37. The van der Waals surface area contributed by atoms with Crippen LogP contribution in [-0.4, -0.2) is 23.7 Å². The Bertz CT molecular complexity index is 117. The fourth-order valence-electron chi connectivity index (χ4n) is 0.301. The second-order valence-electron chi connectivity index (χ2n) is 1.66. The van der Waals surface area contributed by atoms with Crippen molar-refractivity contribution in [3.63, 3.8) is 0 Å². The van der Waals surface area contributed by atoms with Gasteiger partial charge < -0.3 is 9.63 Å². The number of halogens is 1. The highest BCUT2D eigenvalue weighted by atomic mass is 35.5. The molecule has 3 nitrogen and oxygen atoms in total. The SMILES string of the molecule is COP(=O)(CCl)C(C)O. The number of aliphatic hydroxyl groups is 1. The lowest BCUT2D eigenvalue weighted by atomic mass is 10.9. The molecule has 2 unspecified atom stereocenters. The lowest BCUT2D eigenvalue weighted by molar-refractivity contribution is 0.239. The molecule has 0 aliphatic heterocycles. The Hall–Kier alpha value is 0.440. The van der Waals surface area contributed by atoms with Gasteiger partial charge in [0.2, 0.25) is 7.37 Å². The largest absolute Gasteiger partial charge is 0.383 e. The third-order valence-corrected chi connectivity index (χ3v) is 4.13. The van der Waals surface area contributed by atoms with Gasteiger partial charge in [0.25, 0.3) is 0 Å². The predicted octanol–water partition coefficient (Wildman–Crippen LogP) is 1.45. The zero-order chi connectivity index (χ0) is 7.49. The average molecular weight is 173 g/mol. The summed E-state index contributed by atoms with van der Waals surface area (Å²) in [4.78, 5) is 0. The first kappa shape index (κ1) is 9.44. The highest BCUT2D eigenvalue weighted by molar-refractivity contribution is 7.61. The molecule has 0 saturated carbocycles. The van der Waals surface area contributed by atoms with Crippen molar-refractivity contribution in [2.45, 2.75) is 12.8 Å². The van der Waals surface area contributed by atoms with Crippen LogP contribution in [-0.2, 0) is 9.09 Å². The summed E-state index contributed by atoms with van der Waals surface area (Å²) in [5.41, 5.74) is -0.138. The first-order valence-electron chi connectivity index (χ1n) is 2.45. The van der Waals surface area contributed by atoms with Crippen LogP contribution >= 0.6 is 19.0 Å². The van der Waals surface area contributed by atoms with Crippen LogP contribution < -0.4 is 0 Å². The lowest BCUT2D eigenvalue weighted by Gasteiger charge is -2.14. The molecule has 0 spiro atoms. The summed E-state index contributed by atoms with van der Waals surface area (Å²) in [6, 6.07) is 0. The van der Waals surface area contributed by atoms with Crippen molar-refractivity contribution in [1.82, 2.24) is 0 Å². The molecule has 0 aromatic rings. The van der Waals surface area contributed by atoms with Gasteiger partial charge >= 0.3 is 0 Å². The molecule has 0 aliphatic carbocycles. The van der Waals surface area contributed by atoms with Gasteiger partial charge in [-0.25, -0.2) is 0 Å². The van der Waals surface area contributed by atoms with Gasteiger partial charge in [-0.05, 0) is 6.92 Å². The van der Waals surface area contributed by atoms with E-state index in [-0.39, 0.29) is 5.62 Å². The number of aliphatic hydroxyl groups excluding tert-OH is 1. The highest BCUT2D eigenvalue weighted by Gasteiger charge is 2.26. The predicted molar refractivity (Wildman–Crippen MR) is 37.0 cm³/mol. The Morgan fingerprint density at radius 3 is 2.33 bits per heavy atom. The van der Waals surface area contributed by atoms with Crippen molar-refractivity contribution >= 4 is 19.0 Å². The van der Waals surface area contributed by atoms with Crippen LogP contribution in [0.15, 0.2) is 0 Å². The van der Waals surface area contributed by atoms with E-state index in [4.69, 9.17) is 16.7 Å². The summed E-state index contributed by atoms with van der Waals surface area (Å²) in [6.45, 7) is 1.40. The van der Waals surface area contributed by atoms with E-state index >= 15 is 0 Å². The Balaban J connectivity index is 4.11. The maximum atomic E-state index is 11.0. The highest BCUT2D eigenvalue weighted by Crippen LogP contribution is 2.50. The number of hydrogen-bond donors (Lipinski definition) is 1. The molecule has 0 radical (unpaired) electrons. The van der Waals surface area contributed by atoms with Crippen molar-refractivity contribution in [3.8, 4) is 0 Å². The van der Waals surface area contributed by atoms with Crippen LogP contribution in [0.25, 0.3) is 0 Å². The quantitative estimate of drug-likeness (QED) is 0.518. The Morgan fingerprint density at radius 1 is 1.89 bits per heavy atom. The third-order valence-electron chi connectivity index (χ3n) is 1.04. The molecule has 0 heterocycles. The molecular weight excluding hydrogens is 162 g/mol. The molecule has 1 N–H and O–H groups in total. The van der Waals surface area contributed by atoms with E-state index in [0.717, 1.165) is 0 Å². The van der Waals surface area contributed by atoms with Crippen LogP contribution in [0.3, 0.4) is 0 Å². The van der Waals surface area contributed by atoms with Gasteiger partial charge in [0.05, 0.1) is 0 Å². The Kier molecular flexibility index (Phi) is 3.74. The maximum Gasteiger partial charge on any atom is 0.244 e. The van der Waals surface area contributed by atoms with E-state index in [1.807, 2.05) is 0 Å². The molecule has 0 aromatic carbocycles. The summed E-state index contributed by atoms with van der Waals surface area (Å²) in [7, 11) is -1.66. The van der Waals surface area contributed by atoms with Crippen LogP contribution in [0.1, 0.15) is 6.92 Å². The van der Waals surface area contributed by atoms with Gasteiger partial charge in [0.15, 0.2) is 0 Å². The minimum Gasteiger partial charge on any atom is -0.383 e. The van der Waals surface area contributed by atoms with Crippen molar-refractivity contribution in [2.75, 3.05) is 12.7 Å². The normalized spacial score (nSPS) is 20.9. The van der Waals surface area contributed by atoms with Gasteiger partial charge in [-0.2, -0.15) is 0 Å². The van der Waals surface area contributed by atoms with Gasteiger partial charge in [0, 0.05) is 7.11 Å². The first-order valence-corrected chi connectivity index (χ1v) is 4.86. The van der Waals surface area contributed by atoms with Gasteiger partial charge in [-0.3, -0.25) is 4.57 Å². The molecule has 5 heteroatoms. The van der Waals surface area contributed by atoms with Crippen LogP contribution in [0.5, 0.6) is 0 Å². The molecule has 0 aromatic heterocycles. The molecule has 0 rings (SSSR count). The molecule has 0 amide bonds. The van der Waals surface area contributed by atoms with E-state index in [0.29, 0.717) is 0 Å². The fraction of sp³-hybridized carbons (Fsp3) is 1.00. The van der Waals surface area contributed by atoms with Crippen molar-refractivity contribution in [2.24, 2.45) is 0 Å². The minimum absolute atomic E-state index is 0.138. The van der Waals surface area contributed by atoms with Crippen molar-refractivity contribution in [1.29, 1.82) is 0 Å². The maximum absolute atomic E-state index is 11.0. The smallest absolute Gasteiger partial charge is 0.244 e. The monoisotopic (exact) mass is 172 g/mol. The zero-order valence-corrected chi connectivity index (χ0v) is 7.02. The van der Waals surface area contributed by atoms with Crippen molar-refractivity contribution < 1.29 is 14.2 Å². The van der Waals surface area contributed by atoms with Crippen LogP contribution in [0.2, 0.25) is 0 Å². The molecule has 56 valence electrons. The van der Waals surface area contributed by atoms with Crippen molar-refractivity contribution in [3.05, 3.63) is 0 Å². The van der Waals surface area contributed by atoms with Crippen LogP contribution in [0.4, 0.5) is 0 Å². The summed E-state index contributed by atoms with van der Waals surface area (Å²) >= 11 is 5.26. The summed E-state index contributed by atoms with van der Waals surface area (Å²) in [6.07, 6.45) is 0. The molecule has 0 aliphatic rings. The van der Waals surface area contributed by atoms with E-state index in [1.165, 1.54) is 14.0 Å². The fourth-order valence-corrected chi connectivity index (χ4v) is 1.80. The van der Waals surface area contributed by atoms with Gasteiger partial charge in [0.1, 0.15) is 11.5 Å². The average Bonchev–Trinajstić information content (AvgIpc) is 1.86. The van der Waals surface area contributed by atoms with E-state index < -0.39 is 13.2 Å². The van der Waals surface area contributed by atoms with Crippen LogP contribution in [0, 0.1) is 0 Å². The second-order valence-corrected chi connectivity index (χ2v) is 5.18. The summed E-state index contributed by atoms with van der Waals surface area (Å²) in [5.74, 6) is -0.972. The first-order chi connectivity index (χ1) is 4.06. The molecular formula is C4H10ClO3P. The van der Waals surface area contributed by atoms with E-state index in [2.05, 4.69) is 4.52 Å². The topological polar surface area (TPSA) is 46.5 Å². The Labute approximate surface area is 59.4 Å². The standard InChI is InChI=1S/C4H10ClO3P/c1-4(6)9(7,3-5)8-2/h4,6H,3H2,1-2H3. The summed E-state index contributed by atoms with van der Waals surface area (Å²) < 4.78 is 15.6. The minimum atomic E-state index is -2.93. The molecule has 0 bridgehead atoms. The van der Waals surface area contributed by atoms with E-state index in [1.54, 1.807) is 0 Å². The second kappa shape index (κ2) is 3.57. The lowest BCUT2D eigenvalue weighted by Crippen LogP contribution is -2.03. The molecule has 0 fully saturated rings. The van der Waals surface area contributed by atoms with E-state index in [9.17, 15) is 4.57 Å². The number of rotatable bonds is 3. The summed E-state index contributed by atoms with van der Waals surface area (Å²) in [5, 5.41) is 8.80. The Morgan fingerprint density at radius 2 is 2.33 bits per heavy atom. The molecule has 0 saturated heterocycles. The number of hydrogen-bond acceptors (Lipinski definition) is 3. The third kappa shape index (κ3) is 2.26. The van der Waals surface area contributed by atoms with Gasteiger partial charge in [-0.15, -0.1) is 11.6 Å². The number of alkyl halides is 1. The van der Waals surface area contributed by atoms with Gasteiger partial charge in [-0.1, -0.05) is 0 Å². The molecule has 2 atom stereocenters. The molecule has 9 heavy (non-hydrogen) atoms.